The van der Waals surface area contributed by atoms with Crippen molar-refractivity contribution in [3.63, 3.8) is 0 Å². The maximum Gasteiger partial charge on any atom is 0.252 e. The van der Waals surface area contributed by atoms with Crippen LogP contribution in [0, 0.1) is 5.92 Å². The molecule has 0 fully saturated rings. The molecular formula is C16H26N2O2S. The highest BCUT2D eigenvalue weighted by molar-refractivity contribution is 7.10. The molecule has 0 bridgehead atoms. The maximum absolute atomic E-state index is 12.4. The van der Waals surface area contributed by atoms with Gasteiger partial charge in [-0.2, -0.15) is 0 Å². The molecular weight excluding hydrogens is 284 g/mol. The molecule has 1 aliphatic carbocycles. The van der Waals surface area contributed by atoms with Crippen molar-refractivity contribution in [2.75, 3.05) is 27.2 Å². The summed E-state index contributed by atoms with van der Waals surface area (Å²) in [5.74, 6) is 0.661. The maximum atomic E-state index is 12.4. The Morgan fingerprint density at radius 3 is 2.95 bits per heavy atom. The van der Waals surface area contributed by atoms with Crippen LogP contribution in [0.25, 0.3) is 0 Å². The van der Waals surface area contributed by atoms with Gasteiger partial charge in [0.1, 0.15) is 0 Å². The quantitative estimate of drug-likeness (QED) is 0.873. The van der Waals surface area contributed by atoms with E-state index in [4.69, 9.17) is 0 Å². The van der Waals surface area contributed by atoms with Crippen LogP contribution in [0.1, 0.15) is 41.1 Å². The highest BCUT2D eigenvalue weighted by atomic mass is 32.1. The first kappa shape index (κ1) is 16.5. The second-order valence-electron chi connectivity index (χ2n) is 6.82. The first-order chi connectivity index (χ1) is 9.78. The Labute approximate surface area is 131 Å². The summed E-state index contributed by atoms with van der Waals surface area (Å²) in [5.41, 5.74) is 1.12. The Hall–Kier alpha value is -0.910. The highest BCUT2D eigenvalue weighted by Gasteiger charge is 2.26. The second kappa shape index (κ2) is 6.46. The van der Waals surface area contributed by atoms with Crippen molar-refractivity contribution in [2.45, 2.75) is 38.7 Å². The van der Waals surface area contributed by atoms with E-state index in [0.717, 1.165) is 24.8 Å². The highest BCUT2D eigenvalue weighted by Crippen LogP contribution is 2.32. The Morgan fingerprint density at radius 2 is 2.29 bits per heavy atom. The largest absolute Gasteiger partial charge is 0.387 e. The second-order valence-corrected chi connectivity index (χ2v) is 7.78. The number of carbonyl (C=O) groups is 1. The number of rotatable bonds is 5. The molecule has 4 nitrogen and oxygen atoms in total. The first-order valence-corrected chi connectivity index (χ1v) is 8.41. The van der Waals surface area contributed by atoms with E-state index in [0.29, 0.717) is 12.5 Å². The van der Waals surface area contributed by atoms with Gasteiger partial charge >= 0.3 is 0 Å². The van der Waals surface area contributed by atoms with Gasteiger partial charge in [-0.05, 0) is 51.8 Å². The zero-order valence-corrected chi connectivity index (χ0v) is 14.2. The Kier molecular flexibility index (Phi) is 5.07. The van der Waals surface area contributed by atoms with Gasteiger partial charge in [0.15, 0.2) is 0 Å². The van der Waals surface area contributed by atoms with Gasteiger partial charge in [0.05, 0.1) is 11.2 Å². The molecule has 2 N–H and O–H groups in total. The van der Waals surface area contributed by atoms with Crippen LogP contribution in [0.4, 0.5) is 0 Å². The van der Waals surface area contributed by atoms with Gasteiger partial charge in [-0.15, -0.1) is 11.3 Å². The molecule has 1 amide bonds. The number of hydrogen-bond donors (Lipinski definition) is 2. The fraction of sp³-hybridized carbons (Fsp3) is 0.688. The summed E-state index contributed by atoms with van der Waals surface area (Å²) in [6.45, 7) is 4.80. The number of thiophene rings is 1. The van der Waals surface area contributed by atoms with Crippen molar-refractivity contribution in [1.82, 2.24) is 10.2 Å². The molecule has 1 aromatic rings. The van der Waals surface area contributed by atoms with Crippen LogP contribution in [-0.2, 0) is 12.8 Å². The van der Waals surface area contributed by atoms with Gasteiger partial charge in [0.25, 0.3) is 5.91 Å². The van der Waals surface area contributed by atoms with Gasteiger partial charge in [0.2, 0.25) is 0 Å². The molecule has 118 valence electrons. The van der Waals surface area contributed by atoms with Gasteiger partial charge in [-0.25, -0.2) is 0 Å². The Morgan fingerprint density at radius 1 is 1.57 bits per heavy atom. The molecule has 0 spiro atoms. The van der Waals surface area contributed by atoms with Gasteiger partial charge in [-0.3, -0.25) is 4.79 Å². The number of likely N-dealkylation sites (N-methyl/N-ethyl adjacent to an activating group) is 1. The lowest BCUT2D eigenvalue weighted by molar-refractivity contribution is 0.0326. The summed E-state index contributed by atoms with van der Waals surface area (Å²) in [6.07, 6.45) is 3.24. The molecule has 1 aliphatic rings. The lowest BCUT2D eigenvalue weighted by Gasteiger charge is -2.27. The molecule has 0 aliphatic heterocycles. The molecule has 0 saturated carbocycles. The topological polar surface area (TPSA) is 52.6 Å². The fourth-order valence-electron chi connectivity index (χ4n) is 2.97. The van der Waals surface area contributed by atoms with Crippen LogP contribution >= 0.6 is 11.3 Å². The number of nitrogens with one attached hydrogen (secondary N) is 1. The van der Waals surface area contributed by atoms with Crippen molar-refractivity contribution >= 4 is 17.2 Å². The molecule has 2 atom stereocenters. The molecule has 1 heterocycles. The van der Waals surface area contributed by atoms with Crippen molar-refractivity contribution < 1.29 is 9.90 Å². The number of aliphatic hydroxyl groups is 1. The molecule has 0 saturated heterocycles. The summed E-state index contributed by atoms with van der Waals surface area (Å²) >= 11 is 1.70. The fourth-order valence-corrected chi connectivity index (χ4v) is 4.22. The first-order valence-electron chi connectivity index (χ1n) is 7.53. The molecule has 2 unspecified atom stereocenters. The summed E-state index contributed by atoms with van der Waals surface area (Å²) in [6, 6.07) is 0. The van der Waals surface area contributed by atoms with E-state index in [1.807, 2.05) is 24.4 Å². The minimum absolute atomic E-state index is 0.0546. The average molecular weight is 310 g/mol. The zero-order valence-electron chi connectivity index (χ0n) is 13.4. The van der Waals surface area contributed by atoms with E-state index in [1.165, 1.54) is 10.4 Å². The van der Waals surface area contributed by atoms with E-state index < -0.39 is 5.60 Å². The van der Waals surface area contributed by atoms with Crippen molar-refractivity contribution in [1.29, 1.82) is 0 Å². The summed E-state index contributed by atoms with van der Waals surface area (Å²) in [5, 5.41) is 15.1. The molecule has 0 aromatic carbocycles. The predicted molar refractivity (Wildman–Crippen MR) is 87.0 cm³/mol. The lowest BCUT2D eigenvalue weighted by Crippen LogP contribution is -2.47. The summed E-state index contributed by atoms with van der Waals surface area (Å²) in [7, 11) is 3.82. The van der Waals surface area contributed by atoms with Gasteiger partial charge in [-0.1, -0.05) is 6.92 Å². The van der Waals surface area contributed by atoms with Crippen LogP contribution in [-0.4, -0.2) is 48.7 Å². The van der Waals surface area contributed by atoms with Crippen LogP contribution in [0.2, 0.25) is 0 Å². The number of amides is 1. The monoisotopic (exact) mass is 310 g/mol. The molecule has 2 rings (SSSR count). The van der Waals surface area contributed by atoms with E-state index in [2.05, 4.69) is 12.2 Å². The van der Waals surface area contributed by atoms with E-state index in [1.54, 1.807) is 18.3 Å². The van der Waals surface area contributed by atoms with Crippen molar-refractivity contribution in [3.05, 3.63) is 21.4 Å². The van der Waals surface area contributed by atoms with Crippen molar-refractivity contribution in [3.8, 4) is 0 Å². The Bertz CT molecular complexity index is 508. The average Bonchev–Trinajstić information content (AvgIpc) is 2.77. The van der Waals surface area contributed by atoms with E-state index in [-0.39, 0.29) is 12.5 Å². The number of fused-ring (bicyclic) bond motifs is 1. The molecule has 0 radical (unpaired) electrons. The number of hydrogen-bond acceptors (Lipinski definition) is 4. The molecule has 1 aromatic heterocycles. The third kappa shape index (κ3) is 4.28. The predicted octanol–water partition coefficient (Wildman–Crippen LogP) is 1.92. The van der Waals surface area contributed by atoms with Gasteiger partial charge < -0.3 is 15.3 Å². The summed E-state index contributed by atoms with van der Waals surface area (Å²) in [4.78, 5) is 15.6. The smallest absolute Gasteiger partial charge is 0.252 e. The lowest BCUT2D eigenvalue weighted by atomic mass is 9.88. The van der Waals surface area contributed by atoms with Crippen LogP contribution in [0.3, 0.4) is 0 Å². The Balaban J connectivity index is 1.99. The molecule has 5 heteroatoms. The van der Waals surface area contributed by atoms with E-state index >= 15 is 0 Å². The van der Waals surface area contributed by atoms with Crippen LogP contribution in [0.15, 0.2) is 5.38 Å². The van der Waals surface area contributed by atoms with E-state index in [9.17, 15) is 9.90 Å². The number of nitrogens with zero attached hydrogens (tertiary/aromatic N) is 1. The van der Waals surface area contributed by atoms with Crippen LogP contribution in [0.5, 0.6) is 0 Å². The molecule has 21 heavy (non-hydrogen) atoms. The number of carbonyl (C=O) groups excluding carboxylic acids is 1. The minimum atomic E-state index is -0.913. The summed E-state index contributed by atoms with van der Waals surface area (Å²) < 4.78 is 0. The third-order valence-electron chi connectivity index (χ3n) is 3.93. The normalized spacial score (nSPS) is 21.0. The standard InChI is InChI=1S/C16H26N2O2S/c1-11-5-6-12-13(8-21-14(12)7-11)15(19)17-9-16(2,20)10-18(3)4/h8,11,20H,5-7,9-10H2,1-4H3,(H,17,19). The van der Waals surface area contributed by atoms with Crippen LogP contribution < -0.4 is 5.32 Å². The minimum Gasteiger partial charge on any atom is -0.387 e. The third-order valence-corrected chi connectivity index (χ3v) is 4.98. The SMILES string of the molecule is CC1CCc2c(C(=O)NCC(C)(O)CN(C)C)csc2C1. The van der Waals surface area contributed by atoms with Crippen molar-refractivity contribution in [2.24, 2.45) is 5.92 Å². The van der Waals surface area contributed by atoms with Gasteiger partial charge in [0, 0.05) is 23.3 Å². The zero-order chi connectivity index (χ0) is 15.6.